The number of pyridine rings is 2. The first-order chi connectivity index (χ1) is 13.9. The van der Waals surface area contributed by atoms with Gasteiger partial charge in [0.15, 0.2) is 0 Å². The lowest BCUT2D eigenvalue weighted by atomic mass is 9.93. The van der Waals surface area contributed by atoms with Gasteiger partial charge in [-0.05, 0) is 56.0 Å². The van der Waals surface area contributed by atoms with Crippen molar-refractivity contribution in [3.05, 3.63) is 90.0 Å². The summed E-state index contributed by atoms with van der Waals surface area (Å²) in [6, 6.07) is 18.6. The molecule has 4 rings (SSSR count). The predicted octanol–water partition coefficient (Wildman–Crippen LogP) is 4.51. The summed E-state index contributed by atoms with van der Waals surface area (Å²) < 4.78 is 6.11. The second-order valence-electron chi connectivity index (χ2n) is 7.53. The zero-order valence-corrected chi connectivity index (χ0v) is 16.2. The lowest BCUT2D eigenvalue weighted by molar-refractivity contribution is 0.164. The van der Waals surface area contributed by atoms with E-state index in [1.165, 1.54) is 24.1 Å². The van der Waals surface area contributed by atoms with E-state index in [-0.39, 0.29) is 0 Å². The third-order valence-electron chi connectivity index (χ3n) is 5.31. The van der Waals surface area contributed by atoms with Gasteiger partial charge in [0.1, 0.15) is 12.4 Å². The highest BCUT2D eigenvalue weighted by Crippen LogP contribution is 2.25. The highest BCUT2D eigenvalue weighted by molar-refractivity contribution is 5.33. The molecule has 144 valence electrons. The molecule has 0 spiro atoms. The molecule has 0 N–H and O–H groups in total. The zero-order valence-electron chi connectivity index (χ0n) is 16.2. The number of ether oxygens (including phenoxy) is 1. The average molecular weight is 374 g/mol. The van der Waals surface area contributed by atoms with E-state index in [0.717, 1.165) is 37.4 Å². The first-order valence-electron chi connectivity index (χ1n) is 10.1. The molecule has 1 aliphatic heterocycles. The van der Waals surface area contributed by atoms with Crippen LogP contribution in [-0.4, -0.2) is 28.0 Å². The predicted molar refractivity (Wildman–Crippen MR) is 111 cm³/mol. The lowest BCUT2D eigenvalue weighted by Gasteiger charge is -2.33. The van der Waals surface area contributed by atoms with E-state index in [4.69, 9.17) is 4.74 Å². The van der Waals surface area contributed by atoms with Crippen molar-refractivity contribution in [3.63, 3.8) is 0 Å². The van der Waals surface area contributed by atoms with Crippen LogP contribution in [0.4, 0.5) is 0 Å². The minimum Gasteiger partial charge on any atom is -0.489 e. The van der Waals surface area contributed by atoms with Crippen LogP contribution in [0.25, 0.3) is 0 Å². The van der Waals surface area contributed by atoms with E-state index in [1.807, 2.05) is 36.7 Å². The second kappa shape index (κ2) is 9.47. The summed E-state index contributed by atoms with van der Waals surface area (Å²) in [5.41, 5.74) is 3.55. The van der Waals surface area contributed by atoms with Gasteiger partial charge in [0.2, 0.25) is 0 Å². The van der Waals surface area contributed by atoms with Gasteiger partial charge < -0.3 is 4.74 Å². The molecule has 3 heterocycles. The van der Waals surface area contributed by atoms with E-state index < -0.39 is 0 Å². The molecule has 1 atom stereocenters. The summed E-state index contributed by atoms with van der Waals surface area (Å²) >= 11 is 0. The molecule has 4 heteroatoms. The molecule has 1 aliphatic rings. The van der Waals surface area contributed by atoms with Crippen molar-refractivity contribution in [1.29, 1.82) is 0 Å². The van der Waals surface area contributed by atoms with E-state index in [1.54, 1.807) is 6.20 Å². The first-order valence-corrected chi connectivity index (χ1v) is 10.1. The number of para-hydroxylation sites is 1. The molecule has 1 saturated heterocycles. The zero-order chi connectivity index (χ0) is 19.0. The van der Waals surface area contributed by atoms with E-state index in [9.17, 15) is 0 Å². The standard InChI is InChI=1S/C24H27N3O/c1-2-11-24(28-19-21-7-5-12-25-16-21)22(9-1)18-27-14-6-8-20(17-27)15-23-10-3-4-13-26-23/h1-5,7,9-13,16,20H,6,8,14-15,17-19H2/t20-/m0/s1. The molecular weight excluding hydrogens is 346 g/mol. The van der Waals surface area contributed by atoms with Crippen LogP contribution in [-0.2, 0) is 19.6 Å². The van der Waals surface area contributed by atoms with E-state index in [2.05, 4.69) is 45.2 Å². The average Bonchev–Trinajstić information content (AvgIpc) is 2.75. The minimum atomic E-state index is 0.549. The van der Waals surface area contributed by atoms with Crippen molar-refractivity contribution < 1.29 is 4.74 Å². The van der Waals surface area contributed by atoms with Gasteiger partial charge in [0.05, 0.1) is 0 Å². The Morgan fingerprint density at radius 1 is 1.00 bits per heavy atom. The van der Waals surface area contributed by atoms with E-state index in [0.29, 0.717) is 12.5 Å². The number of hydrogen-bond acceptors (Lipinski definition) is 4. The second-order valence-corrected chi connectivity index (χ2v) is 7.53. The van der Waals surface area contributed by atoms with Gasteiger partial charge in [0, 0.05) is 48.5 Å². The van der Waals surface area contributed by atoms with Crippen molar-refractivity contribution >= 4 is 0 Å². The van der Waals surface area contributed by atoms with Crippen LogP contribution in [0.1, 0.15) is 29.7 Å². The quantitative estimate of drug-likeness (QED) is 0.611. The van der Waals surface area contributed by atoms with Crippen LogP contribution < -0.4 is 4.74 Å². The Kier molecular flexibility index (Phi) is 6.30. The fourth-order valence-corrected chi connectivity index (χ4v) is 3.94. The number of nitrogens with zero attached hydrogens (tertiary/aromatic N) is 3. The maximum absolute atomic E-state index is 6.11. The number of benzene rings is 1. The summed E-state index contributed by atoms with van der Waals surface area (Å²) in [4.78, 5) is 11.2. The molecule has 4 nitrogen and oxygen atoms in total. The maximum atomic E-state index is 6.11. The molecule has 0 radical (unpaired) electrons. The fourth-order valence-electron chi connectivity index (χ4n) is 3.94. The monoisotopic (exact) mass is 373 g/mol. The molecule has 0 unspecified atom stereocenters. The van der Waals surface area contributed by atoms with Gasteiger partial charge in [-0.25, -0.2) is 0 Å². The van der Waals surface area contributed by atoms with Crippen LogP contribution in [0.2, 0.25) is 0 Å². The summed E-state index contributed by atoms with van der Waals surface area (Å²) in [5.74, 6) is 1.64. The van der Waals surface area contributed by atoms with Crippen LogP contribution in [0, 0.1) is 5.92 Å². The number of piperidine rings is 1. The largest absolute Gasteiger partial charge is 0.489 e. The molecule has 3 aromatic rings. The van der Waals surface area contributed by atoms with Crippen molar-refractivity contribution in [2.75, 3.05) is 13.1 Å². The molecule has 1 aromatic carbocycles. The third-order valence-corrected chi connectivity index (χ3v) is 5.31. The van der Waals surface area contributed by atoms with Crippen LogP contribution in [0.15, 0.2) is 73.2 Å². The normalized spacial score (nSPS) is 17.4. The first kappa shape index (κ1) is 18.6. The Morgan fingerprint density at radius 3 is 2.79 bits per heavy atom. The van der Waals surface area contributed by atoms with Crippen LogP contribution in [0.3, 0.4) is 0 Å². The molecule has 2 aromatic heterocycles. The molecule has 0 aliphatic carbocycles. The molecule has 0 saturated carbocycles. The van der Waals surface area contributed by atoms with Crippen molar-refractivity contribution in [2.24, 2.45) is 5.92 Å². The summed E-state index contributed by atoms with van der Waals surface area (Å²) in [6.45, 7) is 3.75. The summed E-state index contributed by atoms with van der Waals surface area (Å²) in [5, 5.41) is 0. The summed E-state index contributed by atoms with van der Waals surface area (Å²) in [6.07, 6.45) is 9.13. The fraction of sp³-hybridized carbons (Fsp3) is 0.333. The summed E-state index contributed by atoms with van der Waals surface area (Å²) in [7, 11) is 0. The highest BCUT2D eigenvalue weighted by Gasteiger charge is 2.21. The molecule has 1 fully saturated rings. The Morgan fingerprint density at radius 2 is 1.93 bits per heavy atom. The van der Waals surface area contributed by atoms with Crippen LogP contribution >= 0.6 is 0 Å². The SMILES string of the molecule is c1ccc(C[C@@H]2CCCN(Cc3ccccc3OCc3cccnc3)C2)nc1. The number of likely N-dealkylation sites (tertiary alicyclic amines) is 1. The highest BCUT2D eigenvalue weighted by atomic mass is 16.5. The Hall–Kier alpha value is -2.72. The third kappa shape index (κ3) is 5.17. The van der Waals surface area contributed by atoms with Crippen LogP contribution in [0.5, 0.6) is 5.75 Å². The lowest BCUT2D eigenvalue weighted by Crippen LogP contribution is -2.35. The smallest absolute Gasteiger partial charge is 0.124 e. The Balaban J connectivity index is 1.37. The van der Waals surface area contributed by atoms with Crippen molar-refractivity contribution in [3.8, 4) is 5.75 Å². The van der Waals surface area contributed by atoms with Gasteiger partial charge in [-0.1, -0.05) is 30.3 Å². The van der Waals surface area contributed by atoms with Gasteiger partial charge in [-0.2, -0.15) is 0 Å². The molecular formula is C24H27N3O. The van der Waals surface area contributed by atoms with Gasteiger partial charge in [0.25, 0.3) is 0 Å². The van der Waals surface area contributed by atoms with Gasteiger partial charge in [-0.3, -0.25) is 14.9 Å². The van der Waals surface area contributed by atoms with Gasteiger partial charge >= 0.3 is 0 Å². The molecule has 0 bridgehead atoms. The maximum Gasteiger partial charge on any atom is 0.124 e. The van der Waals surface area contributed by atoms with Crippen molar-refractivity contribution in [2.45, 2.75) is 32.4 Å². The Labute approximate surface area is 167 Å². The topological polar surface area (TPSA) is 38.2 Å². The van der Waals surface area contributed by atoms with Gasteiger partial charge in [-0.15, -0.1) is 0 Å². The minimum absolute atomic E-state index is 0.549. The Bertz CT molecular complexity index is 854. The molecule has 0 amide bonds. The number of rotatable bonds is 7. The number of aromatic nitrogens is 2. The van der Waals surface area contributed by atoms with E-state index >= 15 is 0 Å². The number of hydrogen-bond donors (Lipinski definition) is 0. The molecule has 28 heavy (non-hydrogen) atoms. The van der Waals surface area contributed by atoms with Crippen molar-refractivity contribution in [1.82, 2.24) is 14.9 Å².